The quantitative estimate of drug-likeness (QED) is 0.846. The fourth-order valence-electron chi connectivity index (χ4n) is 2.09. The van der Waals surface area contributed by atoms with Crippen LogP contribution in [0.2, 0.25) is 0 Å². The van der Waals surface area contributed by atoms with Gasteiger partial charge in [0, 0.05) is 6.54 Å². The molecule has 1 unspecified atom stereocenters. The molecule has 1 aromatic carbocycles. The molecule has 1 aromatic rings. The van der Waals surface area contributed by atoms with Gasteiger partial charge in [-0.15, -0.1) is 0 Å². The highest BCUT2D eigenvalue weighted by Gasteiger charge is 2.31. The van der Waals surface area contributed by atoms with Gasteiger partial charge in [0.15, 0.2) is 0 Å². The number of hydrogen-bond donors (Lipinski definition) is 1. The van der Waals surface area contributed by atoms with E-state index in [1.54, 1.807) is 6.07 Å². The van der Waals surface area contributed by atoms with Crippen molar-refractivity contribution in [3.05, 3.63) is 35.4 Å². The van der Waals surface area contributed by atoms with Gasteiger partial charge in [0.2, 0.25) is 0 Å². The summed E-state index contributed by atoms with van der Waals surface area (Å²) in [6.07, 6.45) is -2.69. The summed E-state index contributed by atoms with van der Waals surface area (Å²) in [5, 5.41) is 3.10. The normalized spacial score (nSPS) is 15.4. The van der Waals surface area contributed by atoms with E-state index in [1.165, 1.54) is 12.1 Å². The average Bonchev–Trinajstić information content (AvgIpc) is 2.28. The second-order valence-electron chi connectivity index (χ2n) is 5.07. The van der Waals surface area contributed by atoms with Crippen LogP contribution in [0.3, 0.4) is 0 Å². The van der Waals surface area contributed by atoms with E-state index in [-0.39, 0.29) is 5.41 Å². The van der Waals surface area contributed by atoms with Crippen molar-refractivity contribution in [3.8, 4) is 0 Å². The third-order valence-corrected chi connectivity index (χ3v) is 3.34. The van der Waals surface area contributed by atoms with Gasteiger partial charge in [-0.05, 0) is 36.9 Å². The molecule has 0 radical (unpaired) electrons. The molecule has 0 heterocycles. The number of nitrogens with one attached hydrogen (secondary N) is 1. The first-order valence-electron chi connectivity index (χ1n) is 6.11. The van der Waals surface area contributed by atoms with Crippen LogP contribution in [-0.2, 0) is 12.6 Å². The summed E-state index contributed by atoms with van der Waals surface area (Å²) in [4.78, 5) is 0. The molecule has 0 aliphatic heterocycles. The molecule has 0 fully saturated rings. The Morgan fingerprint density at radius 2 is 1.89 bits per heavy atom. The van der Waals surface area contributed by atoms with E-state index in [9.17, 15) is 13.2 Å². The Bertz CT molecular complexity index is 387. The third-order valence-electron chi connectivity index (χ3n) is 3.34. The molecule has 0 spiro atoms. The summed E-state index contributed by atoms with van der Waals surface area (Å²) in [6, 6.07) is 5.61. The van der Waals surface area contributed by atoms with E-state index in [0.29, 0.717) is 6.42 Å². The first-order chi connectivity index (χ1) is 8.30. The Balaban J connectivity index is 2.91. The molecule has 0 aromatic heterocycles. The minimum atomic E-state index is -4.26. The molecule has 0 aliphatic carbocycles. The van der Waals surface area contributed by atoms with E-state index in [0.717, 1.165) is 24.6 Å². The highest BCUT2D eigenvalue weighted by molar-refractivity contribution is 5.26. The Morgan fingerprint density at radius 1 is 1.22 bits per heavy atom. The SMILES string of the molecule is CCC(C)(CNC)Cc1cccc(C(F)(F)F)c1. The molecule has 0 amide bonds. The molecule has 1 nitrogen and oxygen atoms in total. The predicted octanol–water partition coefficient (Wildman–Crippen LogP) is 3.88. The molecule has 4 heteroatoms. The van der Waals surface area contributed by atoms with Crippen molar-refractivity contribution in [2.75, 3.05) is 13.6 Å². The van der Waals surface area contributed by atoms with Crippen molar-refractivity contribution in [1.29, 1.82) is 0 Å². The van der Waals surface area contributed by atoms with Crippen LogP contribution in [0.5, 0.6) is 0 Å². The van der Waals surface area contributed by atoms with Gasteiger partial charge in [0.25, 0.3) is 0 Å². The lowest BCUT2D eigenvalue weighted by atomic mass is 9.81. The monoisotopic (exact) mass is 259 g/mol. The molecule has 18 heavy (non-hydrogen) atoms. The maximum Gasteiger partial charge on any atom is 0.416 e. The van der Waals surface area contributed by atoms with E-state index >= 15 is 0 Å². The van der Waals surface area contributed by atoms with Crippen LogP contribution in [0.25, 0.3) is 0 Å². The molecule has 1 N–H and O–H groups in total. The number of benzene rings is 1. The third kappa shape index (κ3) is 4.02. The van der Waals surface area contributed by atoms with Crippen LogP contribution < -0.4 is 5.32 Å². The van der Waals surface area contributed by atoms with E-state index in [2.05, 4.69) is 19.2 Å². The van der Waals surface area contributed by atoms with Gasteiger partial charge in [0.1, 0.15) is 0 Å². The van der Waals surface area contributed by atoms with Crippen molar-refractivity contribution < 1.29 is 13.2 Å². The molecular weight excluding hydrogens is 239 g/mol. The molecule has 0 aliphatic rings. The fourth-order valence-corrected chi connectivity index (χ4v) is 2.09. The van der Waals surface area contributed by atoms with Crippen LogP contribution in [0.1, 0.15) is 31.4 Å². The highest BCUT2D eigenvalue weighted by atomic mass is 19.4. The zero-order valence-electron chi connectivity index (χ0n) is 11.1. The van der Waals surface area contributed by atoms with Gasteiger partial charge in [-0.3, -0.25) is 0 Å². The van der Waals surface area contributed by atoms with Crippen LogP contribution in [0, 0.1) is 5.41 Å². The van der Waals surface area contributed by atoms with Gasteiger partial charge in [0.05, 0.1) is 5.56 Å². The summed E-state index contributed by atoms with van der Waals surface area (Å²) in [5.41, 5.74) is 0.159. The molecule has 0 saturated carbocycles. The molecule has 1 rings (SSSR count). The molecule has 1 atom stereocenters. The number of rotatable bonds is 5. The largest absolute Gasteiger partial charge is 0.416 e. The molecule has 102 valence electrons. The van der Waals surface area contributed by atoms with Crippen LogP contribution in [0.15, 0.2) is 24.3 Å². The van der Waals surface area contributed by atoms with Crippen molar-refractivity contribution in [2.45, 2.75) is 32.9 Å². The van der Waals surface area contributed by atoms with Gasteiger partial charge in [-0.25, -0.2) is 0 Å². The van der Waals surface area contributed by atoms with E-state index in [4.69, 9.17) is 0 Å². The lowest BCUT2D eigenvalue weighted by Gasteiger charge is -2.28. The molecular formula is C14H20F3N. The summed E-state index contributed by atoms with van der Waals surface area (Å²) >= 11 is 0. The lowest BCUT2D eigenvalue weighted by molar-refractivity contribution is -0.137. The van der Waals surface area contributed by atoms with Crippen molar-refractivity contribution in [2.24, 2.45) is 5.41 Å². The van der Waals surface area contributed by atoms with Crippen LogP contribution in [-0.4, -0.2) is 13.6 Å². The standard InChI is InChI=1S/C14H20F3N/c1-4-13(2,10-18-3)9-11-6-5-7-12(8-11)14(15,16)17/h5-8,18H,4,9-10H2,1-3H3. The second-order valence-corrected chi connectivity index (χ2v) is 5.07. The van der Waals surface area contributed by atoms with Gasteiger partial charge in [-0.2, -0.15) is 13.2 Å². The van der Waals surface area contributed by atoms with Crippen molar-refractivity contribution in [1.82, 2.24) is 5.32 Å². The van der Waals surface area contributed by atoms with Gasteiger partial charge >= 0.3 is 6.18 Å². The zero-order valence-corrected chi connectivity index (χ0v) is 11.1. The summed E-state index contributed by atoms with van der Waals surface area (Å²) in [6.45, 7) is 4.94. The smallest absolute Gasteiger partial charge is 0.319 e. The minimum Gasteiger partial charge on any atom is -0.319 e. The first-order valence-corrected chi connectivity index (χ1v) is 6.11. The second kappa shape index (κ2) is 5.74. The lowest BCUT2D eigenvalue weighted by Crippen LogP contribution is -2.31. The molecule has 0 saturated heterocycles. The number of halogens is 3. The summed E-state index contributed by atoms with van der Waals surface area (Å²) < 4.78 is 37.9. The number of alkyl halides is 3. The van der Waals surface area contributed by atoms with Crippen LogP contribution >= 0.6 is 0 Å². The Morgan fingerprint density at radius 3 is 2.39 bits per heavy atom. The zero-order chi connectivity index (χ0) is 13.8. The fraction of sp³-hybridized carbons (Fsp3) is 0.571. The maximum atomic E-state index is 12.6. The topological polar surface area (TPSA) is 12.0 Å². The van der Waals surface area contributed by atoms with Crippen molar-refractivity contribution in [3.63, 3.8) is 0 Å². The Labute approximate surface area is 106 Å². The average molecular weight is 259 g/mol. The Hall–Kier alpha value is -1.03. The Kier molecular flexibility index (Phi) is 4.79. The van der Waals surface area contributed by atoms with E-state index < -0.39 is 11.7 Å². The van der Waals surface area contributed by atoms with Gasteiger partial charge in [-0.1, -0.05) is 32.0 Å². The summed E-state index contributed by atoms with van der Waals surface area (Å²) in [7, 11) is 1.86. The maximum absolute atomic E-state index is 12.6. The van der Waals surface area contributed by atoms with Crippen molar-refractivity contribution >= 4 is 0 Å². The minimum absolute atomic E-state index is 0.0149. The summed E-state index contributed by atoms with van der Waals surface area (Å²) in [5.74, 6) is 0. The first kappa shape index (κ1) is 15.0. The van der Waals surface area contributed by atoms with Gasteiger partial charge < -0.3 is 5.32 Å². The highest BCUT2D eigenvalue weighted by Crippen LogP contribution is 2.32. The molecule has 0 bridgehead atoms. The van der Waals surface area contributed by atoms with Crippen LogP contribution in [0.4, 0.5) is 13.2 Å². The number of hydrogen-bond acceptors (Lipinski definition) is 1. The predicted molar refractivity (Wildman–Crippen MR) is 67.5 cm³/mol. The van der Waals surface area contributed by atoms with E-state index in [1.807, 2.05) is 7.05 Å².